The van der Waals surface area contributed by atoms with Gasteiger partial charge in [0.05, 0.1) is 35.9 Å². The molecule has 15 heteroatoms. The summed E-state index contributed by atoms with van der Waals surface area (Å²) in [4.78, 5) is 19.0. The Morgan fingerprint density at radius 1 is 1.16 bits per heavy atom. The molecular weight excluding hydrogens is 592 g/mol. The van der Waals surface area contributed by atoms with E-state index < -0.39 is 28.0 Å². The minimum Gasteiger partial charge on any atom is -0.475 e. The van der Waals surface area contributed by atoms with Crippen LogP contribution in [0.4, 0.5) is 23.2 Å². The summed E-state index contributed by atoms with van der Waals surface area (Å²) >= 11 is 0. The number of sulfonamides is 1. The highest BCUT2D eigenvalue weighted by Gasteiger charge is 2.38. The number of anilines is 1. The van der Waals surface area contributed by atoms with Crippen molar-refractivity contribution in [3.05, 3.63) is 72.2 Å². The Kier molecular flexibility index (Phi) is 11.6. The molecule has 2 aromatic heterocycles. The maximum Gasteiger partial charge on any atom is 0.490 e. The van der Waals surface area contributed by atoms with Gasteiger partial charge in [0.15, 0.2) is 5.03 Å². The van der Waals surface area contributed by atoms with Gasteiger partial charge in [-0.2, -0.15) is 22.7 Å². The largest absolute Gasteiger partial charge is 0.490 e. The number of imidazole rings is 1. The Labute approximate surface area is 247 Å². The monoisotopic (exact) mass is 624 g/mol. The van der Waals surface area contributed by atoms with Crippen molar-refractivity contribution >= 4 is 21.7 Å². The molecule has 0 atom stereocenters. The standard InChI is InChI=1S/C26H31FN6O2S.C2HF3O2/c1-31-20-29-17-23(31)19-32(25-11-10-22(16-28)15-24(25)27)13-14-33(18-21-7-3-2-4-8-21)36(34,35)26-9-5-6-12-30-26;3-2(4,5)1(6)7/h5-6,9-12,15,17,20-21H,2-4,7-8,13-14,18-19H2,1H3;(H,6,7). The molecule has 10 nitrogen and oxygen atoms in total. The molecule has 1 saturated carbocycles. The summed E-state index contributed by atoms with van der Waals surface area (Å²) in [5, 5.41) is 16.3. The number of carboxylic acid groups (broad SMARTS) is 1. The number of carbonyl (C=O) groups is 1. The van der Waals surface area contributed by atoms with Gasteiger partial charge >= 0.3 is 12.1 Å². The molecule has 0 aliphatic heterocycles. The van der Waals surface area contributed by atoms with E-state index in [1.54, 1.807) is 41.7 Å². The second kappa shape index (κ2) is 14.9. The van der Waals surface area contributed by atoms with Crippen molar-refractivity contribution in [2.45, 2.75) is 49.9 Å². The van der Waals surface area contributed by atoms with Gasteiger partial charge in [-0.05, 0) is 49.1 Å². The number of nitriles is 1. The third-order valence-corrected chi connectivity index (χ3v) is 8.76. The van der Waals surface area contributed by atoms with Crippen LogP contribution in [-0.4, -0.2) is 64.1 Å². The van der Waals surface area contributed by atoms with Crippen LogP contribution in [0.1, 0.15) is 43.4 Å². The Hall–Kier alpha value is -4.03. The van der Waals surface area contributed by atoms with Crippen molar-refractivity contribution in [2.24, 2.45) is 13.0 Å². The van der Waals surface area contributed by atoms with Gasteiger partial charge in [0, 0.05) is 39.1 Å². The van der Waals surface area contributed by atoms with Crippen LogP contribution in [-0.2, 0) is 28.4 Å². The third-order valence-electron chi connectivity index (χ3n) is 6.98. The van der Waals surface area contributed by atoms with E-state index in [1.807, 2.05) is 17.7 Å². The van der Waals surface area contributed by atoms with Gasteiger partial charge in [-0.1, -0.05) is 25.3 Å². The molecular formula is C28H32F4N6O4S. The van der Waals surface area contributed by atoms with Crippen molar-refractivity contribution in [2.75, 3.05) is 24.5 Å². The first kappa shape index (κ1) is 33.5. The molecule has 0 amide bonds. The summed E-state index contributed by atoms with van der Waals surface area (Å²) in [5.74, 6) is -3.00. The van der Waals surface area contributed by atoms with E-state index in [1.165, 1.54) is 29.1 Å². The Bertz CT molecular complexity index is 1500. The molecule has 0 unspecified atom stereocenters. The number of rotatable bonds is 10. The third kappa shape index (κ3) is 9.48. The highest BCUT2D eigenvalue weighted by atomic mass is 32.2. The average Bonchev–Trinajstić information content (AvgIpc) is 3.39. The van der Waals surface area contributed by atoms with Crippen LogP contribution in [0.2, 0.25) is 0 Å². The summed E-state index contributed by atoms with van der Waals surface area (Å²) < 4.78 is 77.3. The van der Waals surface area contributed by atoms with Crippen molar-refractivity contribution in [3.63, 3.8) is 0 Å². The van der Waals surface area contributed by atoms with Crippen molar-refractivity contribution in [1.29, 1.82) is 5.26 Å². The van der Waals surface area contributed by atoms with Gasteiger partial charge in [-0.25, -0.2) is 27.6 Å². The minimum absolute atomic E-state index is 0.0172. The molecule has 0 radical (unpaired) electrons. The van der Waals surface area contributed by atoms with Crippen LogP contribution in [0.3, 0.4) is 0 Å². The van der Waals surface area contributed by atoms with E-state index >= 15 is 4.39 Å². The molecule has 0 spiro atoms. The summed E-state index contributed by atoms with van der Waals surface area (Å²) in [7, 11) is -1.97. The SMILES string of the molecule is Cn1cncc1CN(CCN(CC1CCCCC1)S(=O)(=O)c1ccccn1)c1ccc(C#N)cc1F.O=C(O)C(F)(F)F. The molecule has 4 rings (SSSR count). The summed E-state index contributed by atoms with van der Waals surface area (Å²) in [5.41, 5.74) is 1.39. The first-order valence-electron chi connectivity index (χ1n) is 13.4. The molecule has 1 aromatic carbocycles. The molecule has 3 aromatic rings. The molecule has 1 fully saturated rings. The van der Waals surface area contributed by atoms with E-state index in [2.05, 4.69) is 9.97 Å². The first-order valence-corrected chi connectivity index (χ1v) is 14.9. The number of nitrogens with zero attached hydrogens (tertiary/aromatic N) is 6. The number of alkyl halides is 3. The van der Waals surface area contributed by atoms with E-state index in [-0.39, 0.29) is 29.6 Å². The number of benzene rings is 1. The van der Waals surface area contributed by atoms with Crippen molar-refractivity contribution in [1.82, 2.24) is 18.8 Å². The Balaban J connectivity index is 0.000000646. The van der Waals surface area contributed by atoms with Crippen LogP contribution < -0.4 is 4.90 Å². The van der Waals surface area contributed by atoms with E-state index in [0.717, 1.165) is 31.4 Å². The summed E-state index contributed by atoms with van der Waals surface area (Å²) in [6.07, 6.45) is 5.15. The fourth-order valence-corrected chi connectivity index (χ4v) is 6.12. The zero-order valence-electron chi connectivity index (χ0n) is 23.4. The van der Waals surface area contributed by atoms with Gasteiger partial charge in [0.1, 0.15) is 5.82 Å². The van der Waals surface area contributed by atoms with Crippen LogP contribution in [0.15, 0.2) is 60.1 Å². The van der Waals surface area contributed by atoms with Gasteiger partial charge in [0.25, 0.3) is 10.0 Å². The second-order valence-corrected chi connectivity index (χ2v) is 11.9. The molecule has 0 bridgehead atoms. The van der Waals surface area contributed by atoms with Crippen LogP contribution in [0.25, 0.3) is 0 Å². The topological polar surface area (TPSA) is 132 Å². The van der Waals surface area contributed by atoms with Gasteiger partial charge in [0.2, 0.25) is 0 Å². The summed E-state index contributed by atoms with van der Waals surface area (Å²) in [6.45, 7) is 1.17. The quantitative estimate of drug-likeness (QED) is 0.320. The lowest BCUT2D eigenvalue weighted by molar-refractivity contribution is -0.192. The zero-order valence-corrected chi connectivity index (χ0v) is 24.2. The lowest BCUT2D eigenvalue weighted by atomic mass is 9.89. The van der Waals surface area contributed by atoms with Crippen LogP contribution in [0.5, 0.6) is 0 Å². The molecule has 1 aliphatic rings. The number of hydrogen-bond donors (Lipinski definition) is 1. The fraction of sp³-hybridized carbons (Fsp3) is 0.429. The number of aryl methyl sites for hydroxylation is 1. The van der Waals surface area contributed by atoms with Crippen LogP contribution in [0, 0.1) is 23.1 Å². The molecule has 2 heterocycles. The smallest absolute Gasteiger partial charge is 0.475 e. The van der Waals surface area contributed by atoms with Gasteiger partial charge in [-0.3, -0.25) is 0 Å². The molecule has 0 saturated heterocycles. The van der Waals surface area contributed by atoms with Crippen LogP contribution >= 0.6 is 0 Å². The molecule has 1 aliphatic carbocycles. The van der Waals surface area contributed by atoms with Gasteiger partial charge < -0.3 is 14.6 Å². The van der Waals surface area contributed by atoms with Gasteiger partial charge in [-0.15, -0.1) is 0 Å². The lowest BCUT2D eigenvalue weighted by Gasteiger charge is -2.32. The van der Waals surface area contributed by atoms with Crippen molar-refractivity contribution in [3.8, 4) is 6.07 Å². The Morgan fingerprint density at radius 2 is 1.86 bits per heavy atom. The highest BCUT2D eigenvalue weighted by Crippen LogP contribution is 2.27. The molecule has 232 valence electrons. The predicted octanol–water partition coefficient (Wildman–Crippen LogP) is 4.74. The molecule has 43 heavy (non-hydrogen) atoms. The zero-order chi connectivity index (χ0) is 31.6. The van der Waals surface area contributed by atoms with Crippen molar-refractivity contribution < 1.29 is 35.9 Å². The normalized spacial score (nSPS) is 14.1. The van der Waals surface area contributed by atoms with E-state index in [4.69, 9.17) is 15.2 Å². The number of hydrogen-bond acceptors (Lipinski definition) is 7. The Morgan fingerprint density at radius 3 is 2.40 bits per heavy atom. The average molecular weight is 625 g/mol. The maximum absolute atomic E-state index is 15.1. The lowest BCUT2D eigenvalue weighted by Crippen LogP contribution is -2.42. The highest BCUT2D eigenvalue weighted by molar-refractivity contribution is 7.89. The first-order chi connectivity index (χ1) is 20.3. The van der Waals surface area contributed by atoms with E-state index in [9.17, 15) is 21.6 Å². The fourth-order valence-electron chi connectivity index (χ4n) is 4.68. The summed E-state index contributed by atoms with van der Waals surface area (Å²) in [6, 6.07) is 11.2. The molecule has 1 N–H and O–H groups in total. The predicted molar refractivity (Wildman–Crippen MR) is 149 cm³/mol. The minimum atomic E-state index is -5.08. The number of aromatic nitrogens is 3. The maximum atomic E-state index is 15.1. The number of carboxylic acids is 1. The van der Waals surface area contributed by atoms with E-state index in [0.29, 0.717) is 18.8 Å². The number of pyridine rings is 1. The number of halogens is 4. The second-order valence-electron chi connectivity index (χ2n) is 10.0. The number of aliphatic carboxylic acids is 1.